The van der Waals surface area contributed by atoms with Crippen LogP contribution in [0.5, 0.6) is 0 Å². The molecule has 2 heterocycles. The Morgan fingerprint density at radius 1 is 1.53 bits per heavy atom. The molecular formula is C13H16ClN3O2. The van der Waals surface area contributed by atoms with Gasteiger partial charge in [-0.2, -0.15) is 0 Å². The predicted molar refractivity (Wildman–Crippen MR) is 74.6 cm³/mol. The first-order valence-corrected chi connectivity index (χ1v) is 6.86. The van der Waals surface area contributed by atoms with Gasteiger partial charge in [-0.1, -0.05) is 0 Å². The van der Waals surface area contributed by atoms with E-state index in [1.165, 1.54) is 0 Å². The Morgan fingerprint density at radius 2 is 2.42 bits per heavy atom. The maximum Gasteiger partial charge on any atom is 0.136 e. The van der Waals surface area contributed by atoms with Crippen LogP contribution in [0.1, 0.15) is 5.82 Å². The molecule has 1 aromatic carbocycles. The zero-order valence-corrected chi connectivity index (χ0v) is 11.2. The number of ether oxygens (including phenoxy) is 1. The highest BCUT2D eigenvalue weighted by atomic mass is 35.5. The number of nitrogens with one attached hydrogen (secondary N) is 1. The Hall–Kier alpha value is -1.30. The van der Waals surface area contributed by atoms with E-state index in [1.807, 2.05) is 18.2 Å². The summed E-state index contributed by atoms with van der Waals surface area (Å²) >= 11 is 5.56. The van der Waals surface area contributed by atoms with Crippen molar-refractivity contribution in [1.82, 2.24) is 9.55 Å². The fourth-order valence-corrected chi connectivity index (χ4v) is 2.37. The van der Waals surface area contributed by atoms with Crippen molar-refractivity contribution in [2.75, 3.05) is 24.3 Å². The van der Waals surface area contributed by atoms with E-state index in [4.69, 9.17) is 16.3 Å². The lowest BCUT2D eigenvalue weighted by atomic mass is 10.2. The second-order valence-electron chi connectivity index (χ2n) is 4.62. The third-order valence-corrected chi connectivity index (χ3v) is 3.59. The molecule has 19 heavy (non-hydrogen) atoms. The van der Waals surface area contributed by atoms with Crippen molar-refractivity contribution >= 4 is 28.3 Å². The number of hydrogen-bond acceptors (Lipinski definition) is 4. The number of imidazole rings is 1. The molecule has 1 aliphatic rings. The Balaban J connectivity index is 1.85. The van der Waals surface area contributed by atoms with Crippen molar-refractivity contribution in [3.63, 3.8) is 0 Å². The van der Waals surface area contributed by atoms with Crippen molar-refractivity contribution in [3.05, 3.63) is 24.0 Å². The Bertz CT molecular complexity index is 585. The Morgan fingerprint density at radius 3 is 3.26 bits per heavy atom. The third-order valence-electron chi connectivity index (χ3n) is 3.24. The summed E-state index contributed by atoms with van der Waals surface area (Å²) in [4.78, 5) is 4.57. The van der Waals surface area contributed by atoms with Gasteiger partial charge in [0.25, 0.3) is 0 Å². The first-order valence-electron chi connectivity index (χ1n) is 6.33. The fraction of sp³-hybridized carbons (Fsp3) is 0.462. The van der Waals surface area contributed by atoms with E-state index in [0.29, 0.717) is 13.2 Å². The summed E-state index contributed by atoms with van der Waals surface area (Å²) in [6, 6.07) is 6.03. The molecular weight excluding hydrogens is 266 g/mol. The summed E-state index contributed by atoms with van der Waals surface area (Å²) in [7, 11) is 0. The van der Waals surface area contributed by atoms with Crippen LogP contribution in [0.2, 0.25) is 0 Å². The van der Waals surface area contributed by atoms with E-state index < -0.39 is 6.10 Å². The molecule has 0 aliphatic carbocycles. The van der Waals surface area contributed by atoms with E-state index in [-0.39, 0.29) is 5.88 Å². The van der Waals surface area contributed by atoms with Gasteiger partial charge in [0, 0.05) is 18.8 Å². The average Bonchev–Trinajstić information content (AvgIpc) is 2.82. The molecule has 1 unspecified atom stereocenters. The van der Waals surface area contributed by atoms with E-state index in [2.05, 4.69) is 14.9 Å². The van der Waals surface area contributed by atoms with Gasteiger partial charge >= 0.3 is 0 Å². The number of benzene rings is 1. The number of alkyl halides is 1. The Kier molecular flexibility index (Phi) is 3.59. The molecule has 2 aromatic rings. The van der Waals surface area contributed by atoms with E-state index in [0.717, 1.165) is 35.7 Å². The fourth-order valence-electron chi connectivity index (χ4n) is 2.26. The lowest BCUT2D eigenvalue weighted by Crippen LogP contribution is -2.20. The molecule has 0 radical (unpaired) electrons. The first kappa shape index (κ1) is 12.7. The van der Waals surface area contributed by atoms with Crippen LogP contribution >= 0.6 is 11.6 Å². The minimum absolute atomic E-state index is 0.228. The molecule has 0 amide bonds. The van der Waals surface area contributed by atoms with Crippen molar-refractivity contribution in [3.8, 4) is 0 Å². The summed E-state index contributed by atoms with van der Waals surface area (Å²) in [5.74, 6) is 1.20. The molecule has 0 spiro atoms. The van der Waals surface area contributed by atoms with Crippen LogP contribution in [0.3, 0.4) is 0 Å². The smallest absolute Gasteiger partial charge is 0.136 e. The number of aliphatic hydroxyl groups is 1. The predicted octanol–water partition coefficient (Wildman–Crippen LogP) is 1.58. The van der Waals surface area contributed by atoms with Gasteiger partial charge in [0.15, 0.2) is 0 Å². The molecule has 0 saturated heterocycles. The second-order valence-corrected chi connectivity index (χ2v) is 4.93. The maximum absolute atomic E-state index is 9.43. The molecule has 3 rings (SSSR count). The maximum atomic E-state index is 9.43. The van der Waals surface area contributed by atoms with Gasteiger partial charge in [-0.15, -0.1) is 11.6 Å². The SMILES string of the molecule is OC(CCl)CNc1ccc2c(c1)nc1n2CCOC1. The van der Waals surface area contributed by atoms with E-state index >= 15 is 0 Å². The second kappa shape index (κ2) is 5.36. The number of anilines is 1. The summed E-state index contributed by atoms with van der Waals surface area (Å²) in [6.45, 7) is 2.60. The van der Waals surface area contributed by atoms with Crippen LogP contribution in [0.15, 0.2) is 18.2 Å². The average molecular weight is 282 g/mol. The number of nitrogens with zero attached hydrogens (tertiary/aromatic N) is 2. The van der Waals surface area contributed by atoms with Crippen molar-refractivity contribution < 1.29 is 9.84 Å². The van der Waals surface area contributed by atoms with Gasteiger partial charge in [-0.3, -0.25) is 0 Å². The lowest BCUT2D eigenvalue weighted by Gasteiger charge is -2.14. The van der Waals surface area contributed by atoms with E-state index in [1.54, 1.807) is 0 Å². The molecule has 0 bridgehead atoms. The van der Waals surface area contributed by atoms with E-state index in [9.17, 15) is 5.11 Å². The third kappa shape index (κ3) is 2.54. The minimum atomic E-state index is -0.541. The van der Waals surface area contributed by atoms with Gasteiger partial charge in [0.2, 0.25) is 0 Å². The molecule has 102 valence electrons. The molecule has 0 fully saturated rings. The van der Waals surface area contributed by atoms with Crippen LogP contribution in [0, 0.1) is 0 Å². The van der Waals surface area contributed by atoms with Crippen LogP contribution in [-0.4, -0.2) is 39.8 Å². The summed E-state index contributed by atoms with van der Waals surface area (Å²) in [6.07, 6.45) is -0.541. The van der Waals surface area contributed by atoms with Crippen LogP contribution in [0.25, 0.3) is 11.0 Å². The number of aromatic nitrogens is 2. The zero-order chi connectivity index (χ0) is 13.2. The van der Waals surface area contributed by atoms with Gasteiger partial charge < -0.3 is 19.7 Å². The summed E-state index contributed by atoms with van der Waals surface area (Å²) < 4.78 is 7.59. The number of halogens is 1. The number of aliphatic hydroxyl groups excluding tert-OH is 1. The van der Waals surface area contributed by atoms with Crippen LogP contribution < -0.4 is 5.32 Å². The summed E-state index contributed by atoms with van der Waals surface area (Å²) in [5, 5.41) is 12.6. The molecule has 2 N–H and O–H groups in total. The lowest BCUT2D eigenvalue weighted by molar-refractivity contribution is 0.0830. The van der Waals surface area contributed by atoms with Gasteiger partial charge in [-0.05, 0) is 18.2 Å². The quantitative estimate of drug-likeness (QED) is 0.836. The molecule has 0 saturated carbocycles. The minimum Gasteiger partial charge on any atom is -0.390 e. The molecule has 6 heteroatoms. The highest BCUT2D eigenvalue weighted by Crippen LogP contribution is 2.22. The van der Waals surface area contributed by atoms with Gasteiger partial charge in [0.1, 0.15) is 12.4 Å². The molecule has 1 aliphatic heterocycles. The standard InChI is InChI=1S/C13H16ClN3O2/c14-6-10(18)7-15-9-1-2-12-11(5-9)16-13-8-19-4-3-17(12)13/h1-2,5,10,15,18H,3-4,6-8H2. The topological polar surface area (TPSA) is 59.3 Å². The van der Waals surface area contributed by atoms with Crippen molar-refractivity contribution in [2.24, 2.45) is 0 Å². The molecule has 1 aromatic heterocycles. The largest absolute Gasteiger partial charge is 0.390 e. The Labute approximate surface area is 116 Å². The van der Waals surface area contributed by atoms with Crippen molar-refractivity contribution in [1.29, 1.82) is 0 Å². The highest BCUT2D eigenvalue weighted by molar-refractivity contribution is 6.18. The number of hydrogen-bond donors (Lipinski definition) is 2. The number of rotatable bonds is 4. The molecule has 1 atom stereocenters. The number of fused-ring (bicyclic) bond motifs is 3. The summed E-state index contributed by atoms with van der Waals surface area (Å²) in [5.41, 5.74) is 3.01. The van der Waals surface area contributed by atoms with Crippen LogP contribution in [0.4, 0.5) is 5.69 Å². The van der Waals surface area contributed by atoms with Crippen LogP contribution in [-0.2, 0) is 17.9 Å². The highest BCUT2D eigenvalue weighted by Gasteiger charge is 2.14. The normalized spacial score (nSPS) is 16.3. The van der Waals surface area contributed by atoms with Gasteiger partial charge in [-0.25, -0.2) is 4.98 Å². The first-order chi connectivity index (χ1) is 9.28. The zero-order valence-electron chi connectivity index (χ0n) is 10.5. The molecule has 5 nitrogen and oxygen atoms in total. The van der Waals surface area contributed by atoms with Crippen molar-refractivity contribution in [2.45, 2.75) is 19.3 Å². The monoisotopic (exact) mass is 281 g/mol. The van der Waals surface area contributed by atoms with Gasteiger partial charge in [0.05, 0.1) is 29.6 Å².